The summed E-state index contributed by atoms with van der Waals surface area (Å²) in [6, 6.07) is 3.21. The first-order valence-corrected chi connectivity index (χ1v) is 5.42. The first kappa shape index (κ1) is 11.1. The van der Waals surface area contributed by atoms with Gasteiger partial charge in [-0.25, -0.2) is 0 Å². The van der Waals surface area contributed by atoms with E-state index in [1.54, 1.807) is 12.1 Å². The molecule has 3 N–H and O–H groups in total. The van der Waals surface area contributed by atoms with Crippen LogP contribution in [0.25, 0.3) is 0 Å². The predicted molar refractivity (Wildman–Crippen MR) is 59.6 cm³/mol. The summed E-state index contributed by atoms with van der Waals surface area (Å²) in [5.41, 5.74) is 6.53. The van der Waals surface area contributed by atoms with Crippen LogP contribution in [0.5, 0.6) is 0 Å². The molecule has 1 rings (SSSR count). The molecule has 13 heavy (non-hydrogen) atoms. The molecule has 1 aromatic carbocycles. The Hall–Kier alpha value is 0.0400. The molecule has 0 aliphatic heterocycles. The lowest BCUT2D eigenvalue weighted by Crippen LogP contribution is -1.99. The molecule has 0 aliphatic carbocycles. The zero-order chi connectivity index (χ0) is 10.0. The minimum atomic E-state index is -0.615. The Morgan fingerprint density at radius 2 is 1.85 bits per heavy atom. The average molecular weight is 285 g/mol. The molecule has 0 saturated heterocycles. The fourth-order valence-electron chi connectivity index (χ4n) is 0.885. The van der Waals surface area contributed by atoms with Crippen molar-refractivity contribution in [2.45, 2.75) is 6.10 Å². The summed E-state index contributed by atoms with van der Waals surface area (Å²) in [5.74, 6) is 0. The Morgan fingerprint density at radius 3 is 2.23 bits per heavy atom. The molecule has 0 bridgehead atoms. The maximum absolute atomic E-state index is 9.46. The molecule has 72 valence electrons. The van der Waals surface area contributed by atoms with Gasteiger partial charge in [0.2, 0.25) is 0 Å². The highest BCUT2D eigenvalue weighted by Gasteiger charge is 2.10. The molecular weight excluding hydrogens is 277 g/mol. The first-order chi connectivity index (χ1) is 6.06. The van der Waals surface area contributed by atoms with Gasteiger partial charge in [-0.05, 0) is 17.7 Å². The Balaban J connectivity index is 3.13. The van der Waals surface area contributed by atoms with E-state index < -0.39 is 6.10 Å². The van der Waals surface area contributed by atoms with Gasteiger partial charge in [-0.3, -0.25) is 0 Å². The lowest BCUT2D eigenvalue weighted by molar-refractivity contribution is 0.205. The van der Waals surface area contributed by atoms with Crippen LogP contribution in [0, 0.1) is 0 Å². The molecule has 0 amide bonds. The monoisotopic (exact) mass is 283 g/mol. The van der Waals surface area contributed by atoms with Crippen molar-refractivity contribution < 1.29 is 5.11 Å². The number of alkyl halides is 1. The molecule has 2 nitrogen and oxygen atoms in total. The van der Waals surface area contributed by atoms with Crippen LogP contribution in [0.2, 0.25) is 10.0 Å². The standard InChI is InChI=1S/C8H8BrCl2NO/c9-3-7(13)4-1-5(10)8(12)6(11)2-4/h1-2,7,13H,3,12H2. The summed E-state index contributed by atoms with van der Waals surface area (Å²) in [5, 5.41) is 10.6. The molecule has 0 aliphatic rings. The van der Waals surface area contributed by atoms with Gasteiger partial charge in [-0.1, -0.05) is 39.1 Å². The molecule has 0 heterocycles. The van der Waals surface area contributed by atoms with Crippen molar-refractivity contribution in [1.29, 1.82) is 0 Å². The van der Waals surface area contributed by atoms with E-state index in [1.165, 1.54) is 0 Å². The van der Waals surface area contributed by atoms with Gasteiger partial charge in [0.15, 0.2) is 0 Å². The summed E-state index contributed by atoms with van der Waals surface area (Å²) in [6.07, 6.45) is -0.615. The van der Waals surface area contributed by atoms with Gasteiger partial charge in [0.1, 0.15) is 0 Å². The van der Waals surface area contributed by atoms with Crippen molar-refractivity contribution in [2.24, 2.45) is 0 Å². The van der Waals surface area contributed by atoms with E-state index >= 15 is 0 Å². The summed E-state index contributed by atoms with van der Waals surface area (Å²) < 4.78 is 0. The number of hydrogen-bond acceptors (Lipinski definition) is 2. The van der Waals surface area contributed by atoms with Crippen LogP contribution in [0.3, 0.4) is 0 Å². The number of hydrogen-bond donors (Lipinski definition) is 2. The van der Waals surface area contributed by atoms with Crippen LogP contribution in [0.15, 0.2) is 12.1 Å². The zero-order valence-corrected chi connectivity index (χ0v) is 9.70. The van der Waals surface area contributed by atoms with Gasteiger partial charge in [-0.15, -0.1) is 0 Å². The lowest BCUT2D eigenvalue weighted by Gasteiger charge is -2.10. The van der Waals surface area contributed by atoms with Gasteiger partial charge in [0.25, 0.3) is 0 Å². The average Bonchev–Trinajstić information content (AvgIpc) is 2.12. The summed E-state index contributed by atoms with van der Waals surface area (Å²) >= 11 is 14.7. The highest BCUT2D eigenvalue weighted by atomic mass is 79.9. The van der Waals surface area contributed by atoms with Crippen LogP contribution in [0.1, 0.15) is 11.7 Å². The second-order valence-electron chi connectivity index (χ2n) is 2.57. The highest BCUT2D eigenvalue weighted by molar-refractivity contribution is 9.09. The normalized spacial score (nSPS) is 12.9. The summed E-state index contributed by atoms with van der Waals surface area (Å²) in [4.78, 5) is 0. The van der Waals surface area contributed by atoms with Gasteiger partial charge in [-0.2, -0.15) is 0 Å². The molecule has 0 aromatic heterocycles. The number of benzene rings is 1. The molecule has 5 heteroatoms. The Morgan fingerprint density at radius 1 is 1.38 bits per heavy atom. The maximum Gasteiger partial charge on any atom is 0.0887 e. The minimum absolute atomic E-state index is 0.342. The number of halogens is 3. The van der Waals surface area contributed by atoms with Gasteiger partial charge >= 0.3 is 0 Å². The van der Waals surface area contributed by atoms with Crippen LogP contribution < -0.4 is 5.73 Å². The smallest absolute Gasteiger partial charge is 0.0887 e. The number of nitrogens with two attached hydrogens (primary N) is 1. The van der Waals surface area contributed by atoms with Gasteiger partial charge < -0.3 is 10.8 Å². The first-order valence-electron chi connectivity index (χ1n) is 3.54. The van der Waals surface area contributed by atoms with Crippen molar-refractivity contribution >= 4 is 44.8 Å². The number of aliphatic hydroxyl groups excluding tert-OH is 1. The number of rotatable bonds is 2. The third kappa shape index (κ3) is 2.50. The predicted octanol–water partition coefficient (Wildman–Crippen LogP) is 3.00. The third-order valence-electron chi connectivity index (χ3n) is 1.63. The van der Waals surface area contributed by atoms with Crippen LogP contribution >= 0.6 is 39.1 Å². The van der Waals surface area contributed by atoms with E-state index in [0.29, 0.717) is 26.6 Å². The topological polar surface area (TPSA) is 46.2 Å². The van der Waals surface area contributed by atoms with E-state index in [2.05, 4.69) is 15.9 Å². The maximum atomic E-state index is 9.46. The van der Waals surface area contributed by atoms with Gasteiger partial charge in [0, 0.05) is 5.33 Å². The minimum Gasteiger partial charge on any atom is -0.396 e. The molecule has 0 fully saturated rings. The van der Waals surface area contributed by atoms with Crippen LogP contribution in [0.4, 0.5) is 5.69 Å². The van der Waals surface area contributed by atoms with Gasteiger partial charge in [0.05, 0.1) is 21.8 Å². The highest BCUT2D eigenvalue weighted by Crippen LogP contribution is 2.31. The second-order valence-corrected chi connectivity index (χ2v) is 4.03. The fourth-order valence-corrected chi connectivity index (χ4v) is 1.76. The van der Waals surface area contributed by atoms with E-state index in [0.717, 1.165) is 0 Å². The Labute approximate surface area is 94.8 Å². The zero-order valence-electron chi connectivity index (χ0n) is 6.60. The van der Waals surface area contributed by atoms with E-state index in [1.807, 2.05) is 0 Å². The van der Waals surface area contributed by atoms with Crippen molar-refractivity contribution in [2.75, 3.05) is 11.1 Å². The molecule has 1 aromatic rings. The second kappa shape index (κ2) is 4.51. The summed E-state index contributed by atoms with van der Waals surface area (Å²) in [7, 11) is 0. The lowest BCUT2D eigenvalue weighted by atomic mass is 10.1. The Kier molecular flexibility index (Phi) is 3.86. The summed E-state index contributed by atoms with van der Waals surface area (Å²) in [6.45, 7) is 0. The number of anilines is 1. The largest absolute Gasteiger partial charge is 0.396 e. The molecule has 0 saturated carbocycles. The van der Waals surface area contributed by atoms with Crippen molar-refractivity contribution in [3.05, 3.63) is 27.7 Å². The fraction of sp³-hybridized carbons (Fsp3) is 0.250. The molecule has 1 atom stereocenters. The van der Waals surface area contributed by atoms with E-state index in [9.17, 15) is 5.11 Å². The third-order valence-corrected chi connectivity index (χ3v) is 2.87. The van der Waals surface area contributed by atoms with Crippen molar-refractivity contribution in [3.63, 3.8) is 0 Å². The number of nitrogen functional groups attached to an aromatic ring is 1. The molecule has 0 spiro atoms. The van der Waals surface area contributed by atoms with Crippen LogP contribution in [-0.2, 0) is 0 Å². The number of aliphatic hydroxyl groups is 1. The molecule has 0 radical (unpaired) electrons. The quantitative estimate of drug-likeness (QED) is 0.648. The molecular formula is C8H8BrCl2NO. The van der Waals surface area contributed by atoms with Crippen molar-refractivity contribution in [1.82, 2.24) is 0 Å². The van der Waals surface area contributed by atoms with E-state index in [4.69, 9.17) is 28.9 Å². The van der Waals surface area contributed by atoms with Crippen molar-refractivity contribution in [3.8, 4) is 0 Å². The SMILES string of the molecule is Nc1c(Cl)cc(C(O)CBr)cc1Cl. The Bertz CT molecular complexity index is 296. The van der Waals surface area contributed by atoms with Crippen LogP contribution in [-0.4, -0.2) is 10.4 Å². The molecule has 1 unspecified atom stereocenters. The van der Waals surface area contributed by atoms with E-state index in [-0.39, 0.29) is 0 Å².